The monoisotopic (exact) mass is 279 g/mol. The lowest BCUT2D eigenvalue weighted by molar-refractivity contribution is 0.239. The maximum absolute atomic E-state index is 2.74. The first-order valence-corrected chi connectivity index (χ1v) is 9.53. The first-order valence-electron chi connectivity index (χ1n) is 9.53. The summed E-state index contributed by atoms with van der Waals surface area (Å²) in [7, 11) is 0. The predicted octanol–water partition coefficient (Wildman–Crippen LogP) is 5.50. The van der Waals surface area contributed by atoms with Crippen LogP contribution >= 0.6 is 0 Å². The van der Waals surface area contributed by atoms with Gasteiger partial charge >= 0.3 is 0 Å². The van der Waals surface area contributed by atoms with Crippen molar-refractivity contribution in [2.45, 2.75) is 84.5 Å². The second kappa shape index (κ2) is 9.07. The van der Waals surface area contributed by atoms with Gasteiger partial charge < -0.3 is 4.90 Å². The van der Waals surface area contributed by atoms with Gasteiger partial charge in [0.25, 0.3) is 0 Å². The van der Waals surface area contributed by atoms with Crippen LogP contribution in [-0.4, -0.2) is 24.5 Å². The van der Waals surface area contributed by atoms with Crippen molar-refractivity contribution in [2.75, 3.05) is 19.6 Å². The highest BCUT2D eigenvalue weighted by atomic mass is 15.1. The van der Waals surface area contributed by atoms with Crippen molar-refractivity contribution >= 4 is 0 Å². The number of nitrogens with zero attached hydrogens (tertiary/aromatic N) is 1. The Hall–Kier alpha value is -0.0400. The molecule has 1 aliphatic heterocycles. The Labute approximate surface area is 127 Å². The zero-order valence-electron chi connectivity index (χ0n) is 14.1. The fraction of sp³-hybridized carbons (Fsp3) is 1.00. The zero-order chi connectivity index (χ0) is 14.2. The highest BCUT2D eigenvalue weighted by Gasteiger charge is 2.34. The Morgan fingerprint density at radius 1 is 0.800 bits per heavy atom. The molecule has 1 heterocycles. The average molecular weight is 280 g/mol. The van der Waals surface area contributed by atoms with Gasteiger partial charge in [0.2, 0.25) is 0 Å². The third-order valence-corrected chi connectivity index (χ3v) is 5.79. The molecule has 2 atom stereocenters. The van der Waals surface area contributed by atoms with E-state index in [9.17, 15) is 0 Å². The molecule has 0 spiro atoms. The minimum Gasteiger partial charge on any atom is -0.303 e. The van der Waals surface area contributed by atoms with Gasteiger partial charge in [0.1, 0.15) is 0 Å². The summed E-state index contributed by atoms with van der Waals surface area (Å²) < 4.78 is 0. The van der Waals surface area contributed by atoms with Crippen molar-refractivity contribution in [1.82, 2.24) is 4.90 Å². The van der Waals surface area contributed by atoms with Gasteiger partial charge in [-0.05, 0) is 30.7 Å². The number of hydrogen-bond donors (Lipinski definition) is 0. The van der Waals surface area contributed by atoms with E-state index in [1.54, 1.807) is 0 Å². The molecular weight excluding hydrogens is 242 g/mol. The number of hydrogen-bond acceptors (Lipinski definition) is 1. The molecule has 1 nitrogen and oxygen atoms in total. The molecule has 2 fully saturated rings. The van der Waals surface area contributed by atoms with Crippen LogP contribution in [0.5, 0.6) is 0 Å². The standard InChI is InChI=1S/C19H37N/c1-3-14-20-15-17(2)19(16-20)18-12-10-8-6-4-5-7-9-11-13-18/h17-19H,3-16H2,1-2H3. The fourth-order valence-electron chi connectivity index (χ4n) is 4.65. The van der Waals surface area contributed by atoms with Crippen LogP contribution in [0.25, 0.3) is 0 Å². The van der Waals surface area contributed by atoms with Gasteiger partial charge in [-0.2, -0.15) is 0 Å². The minimum atomic E-state index is 0.941. The fourth-order valence-corrected chi connectivity index (χ4v) is 4.65. The molecule has 0 radical (unpaired) electrons. The lowest BCUT2D eigenvalue weighted by Crippen LogP contribution is -2.24. The van der Waals surface area contributed by atoms with Gasteiger partial charge in [-0.25, -0.2) is 0 Å². The molecule has 1 saturated heterocycles. The molecule has 1 aliphatic carbocycles. The third-order valence-electron chi connectivity index (χ3n) is 5.79. The normalized spacial score (nSPS) is 32.1. The first kappa shape index (κ1) is 16.3. The predicted molar refractivity (Wildman–Crippen MR) is 89.0 cm³/mol. The lowest BCUT2D eigenvalue weighted by atomic mass is 9.79. The van der Waals surface area contributed by atoms with Crippen molar-refractivity contribution in [1.29, 1.82) is 0 Å². The number of rotatable bonds is 3. The maximum Gasteiger partial charge on any atom is 0.00154 e. The first-order chi connectivity index (χ1) is 9.81. The van der Waals surface area contributed by atoms with Gasteiger partial charge in [-0.1, -0.05) is 78.1 Å². The van der Waals surface area contributed by atoms with Crippen LogP contribution in [0, 0.1) is 17.8 Å². The van der Waals surface area contributed by atoms with Crippen molar-refractivity contribution < 1.29 is 0 Å². The maximum atomic E-state index is 2.74. The van der Waals surface area contributed by atoms with Crippen molar-refractivity contribution in [3.63, 3.8) is 0 Å². The van der Waals surface area contributed by atoms with Crippen LogP contribution in [0.15, 0.2) is 0 Å². The van der Waals surface area contributed by atoms with E-state index in [4.69, 9.17) is 0 Å². The third kappa shape index (κ3) is 5.06. The molecule has 1 heteroatoms. The summed E-state index contributed by atoms with van der Waals surface area (Å²) in [5.74, 6) is 2.98. The average Bonchev–Trinajstić information content (AvgIpc) is 2.76. The van der Waals surface area contributed by atoms with Crippen LogP contribution in [0.1, 0.15) is 84.5 Å². The van der Waals surface area contributed by atoms with Gasteiger partial charge in [0.05, 0.1) is 0 Å². The van der Waals surface area contributed by atoms with E-state index in [-0.39, 0.29) is 0 Å². The summed E-state index contributed by atoms with van der Waals surface area (Å²) in [6.45, 7) is 8.94. The zero-order valence-corrected chi connectivity index (χ0v) is 14.1. The van der Waals surface area contributed by atoms with E-state index in [2.05, 4.69) is 18.7 Å². The van der Waals surface area contributed by atoms with Gasteiger partial charge in [0.15, 0.2) is 0 Å². The SMILES string of the molecule is CCCN1CC(C)C(C2CCCCCCCCCC2)C1. The molecule has 0 aromatic rings. The van der Waals surface area contributed by atoms with E-state index in [0.29, 0.717) is 0 Å². The van der Waals surface area contributed by atoms with Crippen LogP contribution < -0.4 is 0 Å². The second-order valence-corrected chi connectivity index (χ2v) is 7.57. The highest BCUT2D eigenvalue weighted by Crippen LogP contribution is 2.36. The molecule has 20 heavy (non-hydrogen) atoms. The highest BCUT2D eigenvalue weighted by molar-refractivity contribution is 4.86. The van der Waals surface area contributed by atoms with Crippen LogP contribution in [0.4, 0.5) is 0 Å². The Kier molecular flexibility index (Phi) is 7.41. The summed E-state index contributed by atoms with van der Waals surface area (Å²) in [4.78, 5) is 2.74. The van der Waals surface area contributed by atoms with E-state index >= 15 is 0 Å². The molecule has 0 aromatic heterocycles. The molecule has 1 saturated carbocycles. The summed E-state index contributed by atoms with van der Waals surface area (Å²) in [5, 5.41) is 0. The van der Waals surface area contributed by atoms with Crippen LogP contribution in [0.2, 0.25) is 0 Å². The Morgan fingerprint density at radius 2 is 1.35 bits per heavy atom. The smallest absolute Gasteiger partial charge is 0.00154 e. The second-order valence-electron chi connectivity index (χ2n) is 7.57. The molecule has 0 amide bonds. The lowest BCUT2D eigenvalue weighted by Gasteiger charge is -2.26. The van der Waals surface area contributed by atoms with E-state index in [1.807, 2.05) is 0 Å². The topological polar surface area (TPSA) is 3.24 Å². The van der Waals surface area contributed by atoms with Crippen molar-refractivity contribution in [2.24, 2.45) is 17.8 Å². The Balaban J connectivity index is 1.86. The van der Waals surface area contributed by atoms with E-state index < -0.39 is 0 Å². The van der Waals surface area contributed by atoms with E-state index in [1.165, 1.54) is 90.3 Å². The molecule has 2 aliphatic rings. The molecule has 2 unspecified atom stereocenters. The van der Waals surface area contributed by atoms with Crippen LogP contribution in [0.3, 0.4) is 0 Å². The minimum absolute atomic E-state index is 0.941. The summed E-state index contributed by atoms with van der Waals surface area (Å²) in [6, 6.07) is 0. The summed E-state index contributed by atoms with van der Waals surface area (Å²) >= 11 is 0. The molecule has 0 N–H and O–H groups in total. The molecule has 118 valence electrons. The van der Waals surface area contributed by atoms with E-state index in [0.717, 1.165) is 17.8 Å². The van der Waals surface area contributed by atoms with Crippen molar-refractivity contribution in [3.05, 3.63) is 0 Å². The summed E-state index contributed by atoms with van der Waals surface area (Å²) in [5.41, 5.74) is 0. The summed E-state index contributed by atoms with van der Waals surface area (Å²) in [6.07, 6.45) is 16.3. The molecule has 0 bridgehead atoms. The molecular formula is C19H37N. The van der Waals surface area contributed by atoms with Crippen molar-refractivity contribution in [3.8, 4) is 0 Å². The quantitative estimate of drug-likeness (QED) is 0.660. The van der Waals surface area contributed by atoms with Crippen LogP contribution in [-0.2, 0) is 0 Å². The van der Waals surface area contributed by atoms with Gasteiger partial charge in [-0.3, -0.25) is 0 Å². The largest absolute Gasteiger partial charge is 0.303 e. The Morgan fingerprint density at radius 3 is 1.90 bits per heavy atom. The number of likely N-dealkylation sites (tertiary alicyclic amines) is 1. The van der Waals surface area contributed by atoms with Gasteiger partial charge in [0, 0.05) is 13.1 Å². The Bertz CT molecular complexity index is 238. The molecule has 2 rings (SSSR count). The van der Waals surface area contributed by atoms with Gasteiger partial charge in [-0.15, -0.1) is 0 Å². The molecule has 0 aromatic carbocycles.